The molecule has 2 N–H and O–H groups in total. The van der Waals surface area contributed by atoms with E-state index in [2.05, 4.69) is 25.7 Å². The fraction of sp³-hybridized carbons (Fsp3) is 1.00. The molecule has 1 atom stereocenters. The van der Waals surface area contributed by atoms with Crippen LogP contribution in [0.5, 0.6) is 0 Å². The lowest BCUT2D eigenvalue weighted by Crippen LogP contribution is -2.50. The zero-order valence-electron chi connectivity index (χ0n) is 8.59. The Labute approximate surface area is 76.1 Å². The first-order valence-electron chi connectivity index (χ1n) is 5.06. The number of nitrogens with zero attached hydrogens (tertiary/aromatic N) is 1. The summed E-state index contributed by atoms with van der Waals surface area (Å²) in [5, 5.41) is 0. The van der Waals surface area contributed by atoms with Crippen molar-refractivity contribution in [1.82, 2.24) is 4.90 Å². The molecule has 1 rings (SSSR count). The van der Waals surface area contributed by atoms with Crippen molar-refractivity contribution in [3.8, 4) is 0 Å². The van der Waals surface area contributed by atoms with Crippen molar-refractivity contribution in [2.24, 2.45) is 23.5 Å². The second kappa shape index (κ2) is 4.24. The van der Waals surface area contributed by atoms with Crippen molar-refractivity contribution in [3.05, 3.63) is 0 Å². The minimum absolute atomic E-state index is 0.665. The Bertz CT molecular complexity index is 128. The van der Waals surface area contributed by atoms with Crippen LogP contribution < -0.4 is 5.73 Å². The second-order valence-corrected chi connectivity index (χ2v) is 4.56. The van der Waals surface area contributed by atoms with Crippen LogP contribution in [0.25, 0.3) is 0 Å². The van der Waals surface area contributed by atoms with Gasteiger partial charge in [0.25, 0.3) is 0 Å². The molecule has 1 fully saturated rings. The van der Waals surface area contributed by atoms with E-state index in [9.17, 15) is 0 Å². The summed E-state index contributed by atoms with van der Waals surface area (Å²) in [6.45, 7) is 11.5. The third kappa shape index (κ3) is 2.46. The zero-order valence-corrected chi connectivity index (χ0v) is 8.59. The number of hydrogen-bond acceptors (Lipinski definition) is 2. The zero-order chi connectivity index (χ0) is 9.14. The van der Waals surface area contributed by atoms with Gasteiger partial charge in [0.15, 0.2) is 0 Å². The molecule has 0 amide bonds. The van der Waals surface area contributed by atoms with Gasteiger partial charge in [-0.25, -0.2) is 0 Å². The van der Waals surface area contributed by atoms with Gasteiger partial charge >= 0.3 is 0 Å². The summed E-state index contributed by atoms with van der Waals surface area (Å²) in [5.74, 6) is 2.46. The van der Waals surface area contributed by atoms with Gasteiger partial charge in [-0.1, -0.05) is 20.8 Å². The van der Waals surface area contributed by atoms with Gasteiger partial charge in [-0.05, 0) is 24.3 Å². The third-order valence-electron chi connectivity index (χ3n) is 2.90. The normalized spacial score (nSPS) is 22.8. The number of hydrogen-bond donors (Lipinski definition) is 1. The van der Waals surface area contributed by atoms with Crippen molar-refractivity contribution < 1.29 is 0 Å². The maximum Gasteiger partial charge on any atom is 0.00246 e. The van der Waals surface area contributed by atoms with Crippen LogP contribution in [0, 0.1) is 17.8 Å². The van der Waals surface area contributed by atoms with Crippen molar-refractivity contribution in [2.45, 2.75) is 20.8 Å². The van der Waals surface area contributed by atoms with Gasteiger partial charge in [-0.15, -0.1) is 0 Å². The van der Waals surface area contributed by atoms with Gasteiger partial charge in [-0.3, -0.25) is 0 Å². The molecule has 2 nitrogen and oxygen atoms in total. The quantitative estimate of drug-likeness (QED) is 0.686. The third-order valence-corrected chi connectivity index (χ3v) is 2.90. The Kier molecular flexibility index (Phi) is 3.53. The Morgan fingerprint density at radius 3 is 2.33 bits per heavy atom. The summed E-state index contributed by atoms with van der Waals surface area (Å²) in [6, 6.07) is 0. The van der Waals surface area contributed by atoms with Gasteiger partial charge in [0.05, 0.1) is 0 Å². The molecule has 1 unspecified atom stereocenters. The number of likely N-dealkylation sites (tertiary alicyclic amines) is 1. The molecule has 0 saturated carbocycles. The van der Waals surface area contributed by atoms with Gasteiger partial charge in [0.1, 0.15) is 0 Å². The molecule has 0 aromatic rings. The molecule has 1 aliphatic heterocycles. The highest BCUT2D eigenvalue weighted by atomic mass is 15.2. The van der Waals surface area contributed by atoms with Gasteiger partial charge < -0.3 is 10.6 Å². The molecule has 0 radical (unpaired) electrons. The predicted molar refractivity (Wildman–Crippen MR) is 53.0 cm³/mol. The maximum absolute atomic E-state index is 5.57. The van der Waals surface area contributed by atoms with Crippen LogP contribution in [0.15, 0.2) is 0 Å². The summed E-state index contributed by atoms with van der Waals surface area (Å²) in [5.41, 5.74) is 5.57. The molecule has 0 aromatic carbocycles. The van der Waals surface area contributed by atoms with Crippen LogP contribution in [0.2, 0.25) is 0 Å². The molecular weight excluding hydrogens is 148 g/mol. The van der Waals surface area contributed by atoms with Crippen molar-refractivity contribution in [1.29, 1.82) is 0 Å². The van der Waals surface area contributed by atoms with Gasteiger partial charge in [-0.2, -0.15) is 0 Å². The van der Waals surface area contributed by atoms with Crippen LogP contribution in [0.1, 0.15) is 20.8 Å². The van der Waals surface area contributed by atoms with E-state index < -0.39 is 0 Å². The van der Waals surface area contributed by atoms with E-state index >= 15 is 0 Å². The first-order chi connectivity index (χ1) is 5.63. The van der Waals surface area contributed by atoms with E-state index in [0.717, 1.165) is 18.4 Å². The fourth-order valence-electron chi connectivity index (χ4n) is 1.70. The molecule has 1 heterocycles. The molecular formula is C10H22N2. The van der Waals surface area contributed by atoms with E-state index in [1.807, 2.05) is 0 Å². The standard InChI is InChI=1S/C10H22N2/c1-8(2)10-6-12(7-10)5-9(3)4-11/h8-10H,4-7,11H2,1-3H3. The Morgan fingerprint density at radius 2 is 1.92 bits per heavy atom. The minimum atomic E-state index is 0.665. The largest absolute Gasteiger partial charge is 0.330 e. The first-order valence-corrected chi connectivity index (χ1v) is 5.06. The lowest BCUT2D eigenvalue weighted by Gasteiger charge is -2.42. The highest BCUT2D eigenvalue weighted by Crippen LogP contribution is 2.23. The van der Waals surface area contributed by atoms with E-state index in [-0.39, 0.29) is 0 Å². The molecule has 2 heteroatoms. The van der Waals surface area contributed by atoms with Crippen LogP contribution in [0.4, 0.5) is 0 Å². The first kappa shape index (κ1) is 10.0. The smallest absolute Gasteiger partial charge is 0.00246 e. The summed E-state index contributed by atoms with van der Waals surface area (Å²) in [4.78, 5) is 2.52. The summed E-state index contributed by atoms with van der Waals surface area (Å²) >= 11 is 0. The van der Waals surface area contributed by atoms with Crippen LogP contribution in [0.3, 0.4) is 0 Å². The highest BCUT2D eigenvalue weighted by Gasteiger charge is 2.29. The van der Waals surface area contributed by atoms with Gasteiger partial charge in [0.2, 0.25) is 0 Å². The molecule has 0 aromatic heterocycles. The molecule has 0 spiro atoms. The Morgan fingerprint density at radius 1 is 1.33 bits per heavy atom. The lowest BCUT2D eigenvalue weighted by atomic mass is 9.88. The fourth-order valence-corrected chi connectivity index (χ4v) is 1.70. The van der Waals surface area contributed by atoms with E-state index in [4.69, 9.17) is 5.73 Å². The molecule has 1 aliphatic rings. The van der Waals surface area contributed by atoms with Crippen molar-refractivity contribution in [2.75, 3.05) is 26.2 Å². The van der Waals surface area contributed by atoms with Gasteiger partial charge in [0, 0.05) is 19.6 Å². The molecule has 12 heavy (non-hydrogen) atoms. The number of rotatable bonds is 4. The molecule has 1 saturated heterocycles. The van der Waals surface area contributed by atoms with Crippen LogP contribution >= 0.6 is 0 Å². The molecule has 0 aliphatic carbocycles. The van der Waals surface area contributed by atoms with Crippen LogP contribution in [-0.4, -0.2) is 31.1 Å². The number of nitrogens with two attached hydrogens (primary N) is 1. The lowest BCUT2D eigenvalue weighted by molar-refractivity contribution is 0.0567. The van der Waals surface area contributed by atoms with Crippen molar-refractivity contribution >= 4 is 0 Å². The second-order valence-electron chi connectivity index (χ2n) is 4.56. The minimum Gasteiger partial charge on any atom is -0.330 e. The van der Waals surface area contributed by atoms with E-state index in [1.54, 1.807) is 0 Å². The predicted octanol–water partition coefficient (Wildman–Crippen LogP) is 1.17. The van der Waals surface area contributed by atoms with Crippen LogP contribution in [-0.2, 0) is 0 Å². The maximum atomic E-state index is 5.57. The highest BCUT2D eigenvalue weighted by molar-refractivity contribution is 4.82. The Balaban J connectivity index is 2.09. The average molecular weight is 170 g/mol. The van der Waals surface area contributed by atoms with E-state index in [0.29, 0.717) is 5.92 Å². The average Bonchev–Trinajstić information content (AvgIpc) is 1.94. The Hall–Kier alpha value is -0.0800. The topological polar surface area (TPSA) is 29.3 Å². The summed E-state index contributed by atoms with van der Waals surface area (Å²) < 4.78 is 0. The van der Waals surface area contributed by atoms with Crippen molar-refractivity contribution in [3.63, 3.8) is 0 Å². The summed E-state index contributed by atoms with van der Waals surface area (Å²) in [6.07, 6.45) is 0. The summed E-state index contributed by atoms with van der Waals surface area (Å²) in [7, 11) is 0. The molecule has 72 valence electrons. The SMILES string of the molecule is CC(CN)CN1CC(C(C)C)C1. The van der Waals surface area contributed by atoms with E-state index in [1.165, 1.54) is 19.6 Å². The molecule has 0 bridgehead atoms. The monoisotopic (exact) mass is 170 g/mol.